The maximum absolute atomic E-state index is 5.66. The maximum Gasteiger partial charge on any atom is 0.161 e. The van der Waals surface area contributed by atoms with E-state index in [4.69, 9.17) is 4.43 Å². The van der Waals surface area contributed by atoms with E-state index in [1.54, 1.807) is 0 Å². The fraction of sp³-hybridized carbons (Fsp3) is 1.00. The highest BCUT2D eigenvalue weighted by molar-refractivity contribution is 6.27. The third-order valence-electron chi connectivity index (χ3n) is 3.20. The molecule has 17 heavy (non-hydrogen) atoms. The molecule has 0 aromatic rings. The van der Waals surface area contributed by atoms with Crippen LogP contribution in [-0.2, 0) is 4.43 Å². The van der Waals surface area contributed by atoms with Crippen molar-refractivity contribution in [1.29, 1.82) is 0 Å². The maximum atomic E-state index is 5.66. The van der Waals surface area contributed by atoms with E-state index in [0.717, 1.165) is 0 Å². The molecule has 0 amide bonds. The van der Waals surface area contributed by atoms with Crippen LogP contribution < -0.4 is 0 Å². The van der Waals surface area contributed by atoms with E-state index in [2.05, 4.69) is 20.8 Å². The molecule has 0 bridgehead atoms. The Morgan fingerprint density at radius 3 is 1.71 bits per heavy atom. The lowest BCUT2D eigenvalue weighted by molar-refractivity contribution is 0.254. The first-order valence-corrected chi connectivity index (χ1v) is 9.46. The van der Waals surface area contributed by atoms with Crippen LogP contribution in [0.25, 0.3) is 0 Å². The molecule has 0 aliphatic carbocycles. The lowest BCUT2D eigenvalue weighted by atomic mass is 10.1. The molecule has 0 aromatic carbocycles. The third-order valence-corrected chi connectivity index (χ3v) is 4.89. The van der Waals surface area contributed by atoms with Crippen LogP contribution in [0, 0.1) is 0 Å². The zero-order valence-electron chi connectivity index (χ0n) is 12.5. The molecular weight excluding hydrogens is 224 g/mol. The van der Waals surface area contributed by atoms with Gasteiger partial charge in [-0.25, -0.2) is 0 Å². The Hall–Kier alpha value is 0.177. The van der Waals surface area contributed by atoms with Gasteiger partial charge in [0, 0.05) is 6.10 Å². The first-order chi connectivity index (χ1) is 8.27. The van der Waals surface area contributed by atoms with Gasteiger partial charge in [0.25, 0.3) is 0 Å². The molecule has 0 saturated carbocycles. The van der Waals surface area contributed by atoms with Crippen molar-refractivity contribution in [3.05, 3.63) is 0 Å². The smallest absolute Gasteiger partial charge is 0.161 e. The molecule has 0 spiro atoms. The van der Waals surface area contributed by atoms with Gasteiger partial charge in [-0.3, -0.25) is 0 Å². The molecule has 0 unspecified atom stereocenters. The van der Waals surface area contributed by atoms with E-state index in [1.807, 2.05) is 0 Å². The van der Waals surface area contributed by atoms with Gasteiger partial charge in [0.2, 0.25) is 0 Å². The summed E-state index contributed by atoms with van der Waals surface area (Å²) in [5, 5.41) is 0. The highest BCUT2D eigenvalue weighted by Crippen LogP contribution is 2.11. The van der Waals surface area contributed by atoms with Crippen molar-refractivity contribution in [2.45, 2.75) is 97.1 Å². The number of rotatable bonds is 13. The first kappa shape index (κ1) is 17.2. The molecule has 0 atom stereocenters. The Bertz CT molecular complexity index is 137. The van der Waals surface area contributed by atoms with Gasteiger partial charge in [0.1, 0.15) is 0 Å². The van der Waals surface area contributed by atoms with Crippen LogP contribution in [0.3, 0.4) is 0 Å². The van der Waals surface area contributed by atoms with Crippen molar-refractivity contribution < 1.29 is 4.43 Å². The van der Waals surface area contributed by atoms with Gasteiger partial charge in [0.15, 0.2) is 9.76 Å². The average Bonchev–Trinajstić information content (AvgIpc) is 2.30. The number of unbranched alkanes of at least 4 members (excludes halogenated alkanes) is 9. The molecule has 0 aliphatic rings. The second-order valence-corrected chi connectivity index (χ2v) is 6.90. The van der Waals surface area contributed by atoms with Crippen LogP contribution in [0.2, 0.25) is 6.04 Å². The zero-order valence-corrected chi connectivity index (χ0v) is 13.9. The van der Waals surface area contributed by atoms with Gasteiger partial charge >= 0.3 is 0 Å². The second-order valence-electron chi connectivity index (χ2n) is 5.46. The van der Waals surface area contributed by atoms with Gasteiger partial charge in [0.05, 0.1) is 0 Å². The van der Waals surface area contributed by atoms with Crippen molar-refractivity contribution in [1.82, 2.24) is 0 Å². The molecule has 0 rings (SSSR count). The summed E-state index contributed by atoms with van der Waals surface area (Å²) in [6, 6.07) is 1.38. The van der Waals surface area contributed by atoms with E-state index in [9.17, 15) is 0 Å². The van der Waals surface area contributed by atoms with E-state index < -0.39 is 0 Å². The number of hydrogen-bond acceptors (Lipinski definition) is 1. The molecule has 1 nitrogen and oxygen atoms in total. The summed E-state index contributed by atoms with van der Waals surface area (Å²) in [7, 11) is -0.190. The van der Waals surface area contributed by atoms with Crippen molar-refractivity contribution >= 4 is 9.76 Å². The summed E-state index contributed by atoms with van der Waals surface area (Å²) in [5.74, 6) is 0. The largest absolute Gasteiger partial charge is 0.422 e. The van der Waals surface area contributed by atoms with Crippen LogP contribution in [-0.4, -0.2) is 15.9 Å². The fourth-order valence-electron chi connectivity index (χ4n) is 2.09. The molecule has 0 fully saturated rings. The Kier molecular flexibility index (Phi) is 14.4. The average molecular weight is 259 g/mol. The summed E-state index contributed by atoms with van der Waals surface area (Å²) in [5.41, 5.74) is 0. The van der Waals surface area contributed by atoms with E-state index >= 15 is 0 Å². The lowest BCUT2D eigenvalue weighted by Crippen LogP contribution is -2.06. The highest BCUT2D eigenvalue weighted by atomic mass is 28.2. The Labute approximate surface area is 112 Å². The molecule has 0 heterocycles. The minimum Gasteiger partial charge on any atom is -0.422 e. The van der Waals surface area contributed by atoms with E-state index in [-0.39, 0.29) is 9.76 Å². The number of hydrogen-bond donors (Lipinski definition) is 0. The quantitative estimate of drug-likeness (QED) is 0.339. The highest BCUT2D eigenvalue weighted by Gasteiger charge is 1.95. The predicted octanol–water partition coefficient (Wildman–Crippen LogP) is 4.83. The Morgan fingerprint density at radius 1 is 0.765 bits per heavy atom. The molecule has 2 heteroatoms. The summed E-state index contributed by atoms with van der Waals surface area (Å²) in [4.78, 5) is 0. The van der Waals surface area contributed by atoms with Crippen molar-refractivity contribution in [2.75, 3.05) is 0 Å². The van der Waals surface area contributed by atoms with Crippen LogP contribution in [0.5, 0.6) is 0 Å². The predicted molar refractivity (Wildman–Crippen MR) is 81.4 cm³/mol. The zero-order chi connectivity index (χ0) is 12.8. The van der Waals surface area contributed by atoms with Gasteiger partial charge < -0.3 is 4.43 Å². The van der Waals surface area contributed by atoms with E-state index in [1.165, 1.54) is 70.3 Å². The summed E-state index contributed by atoms with van der Waals surface area (Å²) < 4.78 is 5.66. The SMILES string of the molecule is CCCCCCCCCCCC[SiH2]OC(C)C. The van der Waals surface area contributed by atoms with Gasteiger partial charge in [-0.2, -0.15) is 0 Å². The minimum absolute atomic E-state index is 0.190. The van der Waals surface area contributed by atoms with Gasteiger partial charge in [-0.15, -0.1) is 0 Å². The molecule has 0 aliphatic heterocycles. The van der Waals surface area contributed by atoms with Crippen LogP contribution in [0.15, 0.2) is 0 Å². The second kappa shape index (κ2) is 14.2. The van der Waals surface area contributed by atoms with Crippen molar-refractivity contribution in [2.24, 2.45) is 0 Å². The molecule has 0 saturated heterocycles. The molecule has 0 radical (unpaired) electrons. The monoisotopic (exact) mass is 258 g/mol. The van der Waals surface area contributed by atoms with Gasteiger partial charge in [-0.1, -0.05) is 71.1 Å². The minimum atomic E-state index is -0.190. The topological polar surface area (TPSA) is 9.23 Å². The van der Waals surface area contributed by atoms with Crippen LogP contribution >= 0.6 is 0 Å². The Morgan fingerprint density at radius 2 is 1.24 bits per heavy atom. The van der Waals surface area contributed by atoms with Crippen molar-refractivity contribution in [3.8, 4) is 0 Å². The van der Waals surface area contributed by atoms with Crippen LogP contribution in [0.1, 0.15) is 85.0 Å². The normalized spacial score (nSPS) is 12.0. The molecule has 104 valence electrons. The fourth-order valence-corrected chi connectivity index (χ4v) is 3.28. The van der Waals surface area contributed by atoms with Crippen LogP contribution in [0.4, 0.5) is 0 Å². The van der Waals surface area contributed by atoms with Crippen molar-refractivity contribution in [3.63, 3.8) is 0 Å². The van der Waals surface area contributed by atoms with E-state index in [0.29, 0.717) is 6.10 Å². The summed E-state index contributed by atoms with van der Waals surface area (Å²) in [6.45, 7) is 6.57. The molecular formula is C15H34OSi. The Balaban J connectivity index is 2.89. The first-order valence-electron chi connectivity index (χ1n) is 7.89. The third kappa shape index (κ3) is 16.2. The summed E-state index contributed by atoms with van der Waals surface area (Å²) in [6.07, 6.45) is 14.8. The standard InChI is InChI=1S/C15H34OSi/c1-4-5-6-7-8-9-10-11-12-13-14-17-16-15(2)3/h15H,4-14,17H2,1-3H3. The molecule has 0 aromatic heterocycles. The summed E-state index contributed by atoms with van der Waals surface area (Å²) >= 11 is 0. The lowest BCUT2D eigenvalue weighted by Gasteiger charge is -2.06. The molecule has 0 N–H and O–H groups in total. The van der Waals surface area contributed by atoms with Gasteiger partial charge in [-0.05, 0) is 19.9 Å².